The fourth-order valence-corrected chi connectivity index (χ4v) is 2.63. The summed E-state index contributed by atoms with van der Waals surface area (Å²) in [5.74, 6) is 0.596. The van der Waals surface area contributed by atoms with Crippen LogP contribution in [0.2, 0.25) is 0 Å². The Balaban J connectivity index is 1.92. The first-order valence-corrected chi connectivity index (χ1v) is 7.56. The molecule has 0 amide bonds. The molecule has 1 saturated carbocycles. The summed E-state index contributed by atoms with van der Waals surface area (Å²) in [5.41, 5.74) is 1.42. The Bertz CT molecular complexity index is 365. The molecule has 0 spiro atoms. The van der Waals surface area contributed by atoms with Crippen LogP contribution in [0.25, 0.3) is 0 Å². The zero-order valence-corrected chi connectivity index (χ0v) is 12.6. The zero-order chi connectivity index (χ0) is 12.8. The molecule has 2 rings (SSSR count). The molecule has 18 heavy (non-hydrogen) atoms. The summed E-state index contributed by atoms with van der Waals surface area (Å²) < 4.78 is 6.33. The van der Waals surface area contributed by atoms with Crippen molar-refractivity contribution in [2.45, 2.75) is 37.6 Å². The van der Waals surface area contributed by atoms with Crippen LogP contribution in [-0.2, 0) is 4.74 Å². The fraction of sp³-hybridized carbons (Fsp3) is 0.600. The molecule has 1 unspecified atom stereocenters. The minimum absolute atomic E-state index is 0.596. The molecular weight excluding hydrogens is 290 g/mol. The quantitative estimate of drug-likeness (QED) is 0.739. The number of hydrogen-bond acceptors (Lipinski definition) is 2. The molecule has 1 atom stereocenters. The maximum atomic E-state index is 5.16. The van der Waals surface area contributed by atoms with Gasteiger partial charge in [-0.15, -0.1) is 0 Å². The van der Waals surface area contributed by atoms with Gasteiger partial charge in [0, 0.05) is 30.8 Å². The Morgan fingerprint density at radius 1 is 1.44 bits per heavy atom. The van der Waals surface area contributed by atoms with Gasteiger partial charge >= 0.3 is 0 Å². The van der Waals surface area contributed by atoms with Gasteiger partial charge < -0.3 is 10.1 Å². The van der Waals surface area contributed by atoms with Crippen molar-refractivity contribution in [1.29, 1.82) is 0 Å². The lowest BCUT2D eigenvalue weighted by molar-refractivity contribution is 0.190. The van der Waals surface area contributed by atoms with Gasteiger partial charge in [0.25, 0.3) is 0 Å². The summed E-state index contributed by atoms with van der Waals surface area (Å²) in [6.45, 7) is 1.94. The maximum Gasteiger partial charge on any atom is 0.0462 e. The molecule has 1 aromatic rings. The molecule has 1 aliphatic carbocycles. The van der Waals surface area contributed by atoms with Gasteiger partial charge in [-0.1, -0.05) is 28.1 Å². The number of benzene rings is 1. The minimum atomic E-state index is 0.596. The molecule has 0 aliphatic heterocycles. The average Bonchev–Trinajstić information content (AvgIpc) is 3.17. The zero-order valence-electron chi connectivity index (χ0n) is 11.0. The highest BCUT2D eigenvalue weighted by molar-refractivity contribution is 9.10. The van der Waals surface area contributed by atoms with Gasteiger partial charge in [-0.3, -0.25) is 0 Å². The van der Waals surface area contributed by atoms with Crippen LogP contribution in [0.1, 0.15) is 37.2 Å². The number of hydrogen-bond donors (Lipinski definition) is 1. The van der Waals surface area contributed by atoms with Gasteiger partial charge in [0.05, 0.1) is 0 Å². The van der Waals surface area contributed by atoms with Crippen molar-refractivity contribution >= 4 is 15.9 Å². The molecule has 0 heterocycles. The predicted molar refractivity (Wildman–Crippen MR) is 79.0 cm³/mol. The summed E-state index contributed by atoms with van der Waals surface area (Å²) in [5, 5.41) is 3.65. The van der Waals surface area contributed by atoms with E-state index in [9.17, 15) is 0 Å². The van der Waals surface area contributed by atoms with Crippen LogP contribution in [0.4, 0.5) is 0 Å². The van der Waals surface area contributed by atoms with Crippen molar-refractivity contribution in [1.82, 2.24) is 5.32 Å². The van der Waals surface area contributed by atoms with Crippen molar-refractivity contribution in [3.05, 3.63) is 34.3 Å². The van der Waals surface area contributed by atoms with Crippen LogP contribution < -0.4 is 5.32 Å². The van der Waals surface area contributed by atoms with Crippen LogP contribution in [0.5, 0.6) is 0 Å². The third-order valence-electron chi connectivity index (χ3n) is 3.45. The van der Waals surface area contributed by atoms with E-state index in [1.54, 1.807) is 7.11 Å². The van der Waals surface area contributed by atoms with E-state index in [0.717, 1.165) is 25.6 Å². The fourth-order valence-electron chi connectivity index (χ4n) is 2.22. The highest BCUT2D eigenvalue weighted by atomic mass is 79.9. The van der Waals surface area contributed by atoms with Gasteiger partial charge in [-0.05, 0) is 49.3 Å². The molecule has 0 bridgehead atoms. The van der Waals surface area contributed by atoms with E-state index in [1.165, 1.54) is 29.3 Å². The highest BCUT2D eigenvalue weighted by Crippen LogP contribution is 2.26. The van der Waals surface area contributed by atoms with Crippen molar-refractivity contribution in [2.75, 3.05) is 20.3 Å². The normalized spacial score (nSPS) is 16.8. The van der Waals surface area contributed by atoms with E-state index in [0.29, 0.717) is 5.92 Å². The van der Waals surface area contributed by atoms with Gasteiger partial charge in [-0.2, -0.15) is 0 Å². The Morgan fingerprint density at radius 2 is 2.28 bits per heavy atom. The molecular formula is C15H22BrNO. The second-order valence-corrected chi connectivity index (χ2v) is 5.99. The van der Waals surface area contributed by atoms with Gasteiger partial charge in [0.1, 0.15) is 0 Å². The molecule has 1 N–H and O–H groups in total. The van der Waals surface area contributed by atoms with Crippen molar-refractivity contribution in [2.24, 2.45) is 0 Å². The third-order valence-corrected chi connectivity index (χ3v) is 3.94. The molecule has 0 saturated heterocycles. The summed E-state index contributed by atoms with van der Waals surface area (Å²) in [7, 11) is 1.77. The molecule has 3 heteroatoms. The van der Waals surface area contributed by atoms with Crippen LogP contribution in [0.3, 0.4) is 0 Å². The summed E-state index contributed by atoms with van der Waals surface area (Å²) in [4.78, 5) is 0. The number of ether oxygens (including phenoxy) is 1. The van der Waals surface area contributed by atoms with E-state index in [4.69, 9.17) is 4.74 Å². The summed E-state index contributed by atoms with van der Waals surface area (Å²) in [6.07, 6.45) is 5.01. The SMILES string of the molecule is COCCCC(CNC1CC1)c1cccc(Br)c1. The second-order valence-electron chi connectivity index (χ2n) is 5.07. The van der Waals surface area contributed by atoms with Crippen LogP contribution in [-0.4, -0.2) is 26.3 Å². The van der Waals surface area contributed by atoms with Gasteiger partial charge in [-0.25, -0.2) is 0 Å². The first kappa shape index (κ1) is 14.0. The van der Waals surface area contributed by atoms with E-state index in [1.807, 2.05) is 0 Å². The lowest BCUT2D eigenvalue weighted by Crippen LogP contribution is -2.23. The standard InChI is InChI=1S/C15H22BrNO/c1-18-9-3-5-13(11-17-15-7-8-15)12-4-2-6-14(16)10-12/h2,4,6,10,13,15,17H,3,5,7-9,11H2,1H3. The summed E-state index contributed by atoms with van der Waals surface area (Å²) in [6, 6.07) is 9.47. The van der Waals surface area contributed by atoms with Crippen molar-refractivity contribution < 1.29 is 4.74 Å². The summed E-state index contributed by atoms with van der Waals surface area (Å²) >= 11 is 3.56. The smallest absolute Gasteiger partial charge is 0.0462 e. The lowest BCUT2D eigenvalue weighted by atomic mass is 9.94. The molecule has 0 aromatic heterocycles. The Morgan fingerprint density at radius 3 is 2.94 bits per heavy atom. The minimum Gasteiger partial charge on any atom is -0.385 e. The molecule has 2 nitrogen and oxygen atoms in total. The van der Waals surface area contributed by atoms with E-state index in [2.05, 4.69) is 45.5 Å². The molecule has 1 aliphatic rings. The van der Waals surface area contributed by atoms with Gasteiger partial charge in [0.2, 0.25) is 0 Å². The van der Waals surface area contributed by atoms with E-state index < -0.39 is 0 Å². The first-order valence-electron chi connectivity index (χ1n) is 6.77. The Hall–Kier alpha value is -0.380. The van der Waals surface area contributed by atoms with E-state index >= 15 is 0 Å². The first-order chi connectivity index (χ1) is 8.79. The van der Waals surface area contributed by atoms with Crippen LogP contribution >= 0.6 is 15.9 Å². The van der Waals surface area contributed by atoms with Crippen molar-refractivity contribution in [3.63, 3.8) is 0 Å². The number of rotatable bonds is 8. The largest absolute Gasteiger partial charge is 0.385 e. The van der Waals surface area contributed by atoms with Gasteiger partial charge in [0.15, 0.2) is 0 Å². The highest BCUT2D eigenvalue weighted by Gasteiger charge is 2.22. The molecule has 1 aromatic carbocycles. The number of methoxy groups -OCH3 is 1. The molecule has 1 fully saturated rings. The average molecular weight is 312 g/mol. The topological polar surface area (TPSA) is 21.3 Å². The lowest BCUT2D eigenvalue weighted by Gasteiger charge is -2.18. The third kappa shape index (κ3) is 4.71. The predicted octanol–water partition coefficient (Wildman–Crippen LogP) is 3.71. The van der Waals surface area contributed by atoms with Crippen LogP contribution in [0, 0.1) is 0 Å². The molecule has 0 radical (unpaired) electrons. The number of halogens is 1. The Labute approximate surface area is 118 Å². The number of nitrogens with one attached hydrogen (secondary N) is 1. The van der Waals surface area contributed by atoms with E-state index in [-0.39, 0.29) is 0 Å². The maximum absolute atomic E-state index is 5.16. The van der Waals surface area contributed by atoms with Crippen molar-refractivity contribution in [3.8, 4) is 0 Å². The second kappa shape index (κ2) is 7.27. The van der Waals surface area contributed by atoms with Crippen LogP contribution in [0.15, 0.2) is 28.7 Å². The monoisotopic (exact) mass is 311 g/mol. The Kier molecular flexibility index (Phi) is 5.67. The molecule has 100 valence electrons.